The Bertz CT molecular complexity index is 974. The van der Waals surface area contributed by atoms with Crippen LogP contribution in [0.25, 0.3) is 0 Å². The third-order valence-corrected chi connectivity index (χ3v) is 7.23. The summed E-state index contributed by atoms with van der Waals surface area (Å²) in [6, 6.07) is 12.6. The highest BCUT2D eigenvalue weighted by Crippen LogP contribution is 2.24. The highest BCUT2D eigenvalue weighted by atomic mass is 35.5. The van der Waals surface area contributed by atoms with Gasteiger partial charge >= 0.3 is 0 Å². The molecular formula is C21H24ClNO4S. The van der Waals surface area contributed by atoms with Crippen LogP contribution in [0.4, 0.5) is 0 Å². The van der Waals surface area contributed by atoms with Crippen LogP contribution < -0.4 is 4.74 Å². The normalized spacial score (nSPS) is 18.0. The van der Waals surface area contributed by atoms with Gasteiger partial charge in [0.2, 0.25) is 0 Å². The van der Waals surface area contributed by atoms with E-state index in [4.69, 9.17) is 16.3 Å². The summed E-state index contributed by atoms with van der Waals surface area (Å²) >= 11 is 6.25. The molecule has 2 aromatic rings. The van der Waals surface area contributed by atoms with Crippen molar-refractivity contribution in [3.8, 4) is 5.75 Å². The number of nitrogens with zero attached hydrogens (tertiary/aromatic N) is 1. The SMILES string of the molecule is Cc1ccc(OCC(=O)N(Cc2ccccc2Cl)[C@H]2CCS(=O)(=O)C2)cc1C. The maximum absolute atomic E-state index is 12.9. The van der Waals surface area contributed by atoms with Gasteiger partial charge in [-0.2, -0.15) is 0 Å². The Labute approximate surface area is 171 Å². The molecule has 0 radical (unpaired) electrons. The number of carbonyl (C=O) groups excluding carboxylic acids is 1. The summed E-state index contributed by atoms with van der Waals surface area (Å²) in [5, 5.41) is 0.552. The summed E-state index contributed by atoms with van der Waals surface area (Å²) in [7, 11) is -3.12. The first-order valence-electron chi connectivity index (χ1n) is 9.18. The lowest BCUT2D eigenvalue weighted by Gasteiger charge is -2.28. The van der Waals surface area contributed by atoms with Crippen LogP contribution in [0.3, 0.4) is 0 Å². The molecule has 0 aromatic heterocycles. The van der Waals surface area contributed by atoms with Crippen LogP contribution in [-0.2, 0) is 21.2 Å². The van der Waals surface area contributed by atoms with Crippen LogP contribution in [0.1, 0.15) is 23.1 Å². The number of rotatable bonds is 6. The Kier molecular flexibility index (Phi) is 6.30. The Balaban J connectivity index is 1.76. The van der Waals surface area contributed by atoms with Crippen LogP contribution in [0.2, 0.25) is 5.02 Å². The minimum Gasteiger partial charge on any atom is -0.484 e. The smallest absolute Gasteiger partial charge is 0.261 e. The van der Waals surface area contributed by atoms with E-state index in [9.17, 15) is 13.2 Å². The molecule has 1 aliphatic heterocycles. The van der Waals surface area contributed by atoms with Crippen molar-refractivity contribution in [3.63, 3.8) is 0 Å². The molecule has 1 saturated heterocycles. The van der Waals surface area contributed by atoms with Crippen LogP contribution in [0, 0.1) is 13.8 Å². The van der Waals surface area contributed by atoms with E-state index in [1.54, 1.807) is 11.0 Å². The highest BCUT2D eigenvalue weighted by Gasteiger charge is 2.35. The monoisotopic (exact) mass is 421 g/mol. The van der Waals surface area contributed by atoms with E-state index in [1.165, 1.54) is 0 Å². The predicted molar refractivity (Wildman–Crippen MR) is 110 cm³/mol. The molecule has 7 heteroatoms. The fraction of sp³-hybridized carbons (Fsp3) is 0.381. The molecule has 1 heterocycles. The Morgan fingerprint density at radius 2 is 1.93 bits per heavy atom. The maximum Gasteiger partial charge on any atom is 0.261 e. The van der Waals surface area contributed by atoms with Crippen LogP contribution >= 0.6 is 11.6 Å². The summed E-state index contributed by atoms with van der Waals surface area (Å²) < 4.78 is 29.6. The van der Waals surface area contributed by atoms with Gasteiger partial charge in [-0.05, 0) is 55.2 Å². The minimum absolute atomic E-state index is 0.0210. The molecule has 0 unspecified atom stereocenters. The fourth-order valence-corrected chi connectivity index (χ4v) is 5.21. The number of hydrogen-bond acceptors (Lipinski definition) is 4. The van der Waals surface area contributed by atoms with E-state index < -0.39 is 9.84 Å². The lowest BCUT2D eigenvalue weighted by atomic mass is 10.1. The third-order valence-electron chi connectivity index (χ3n) is 5.11. The van der Waals surface area contributed by atoms with Crippen LogP contribution in [-0.4, -0.2) is 43.4 Å². The van der Waals surface area contributed by atoms with E-state index in [2.05, 4.69) is 0 Å². The van der Waals surface area contributed by atoms with Crippen LogP contribution in [0.5, 0.6) is 5.75 Å². The van der Waals surface area contributed by atoms with Gasteiger partial charge in [0.25, 0.3) is 5.91 Å². The zero-order valence-electron chi connectivity index (χ0n) is 16.0. The molecule has 150 valence electrons. The van der Waals surface area contributed by atoms with Gasteiger partial charge in [0.1, 0.15) is 5.75 Å². The van der Waals surface area contributed by atoms with E-state index in [1.807, 2.05) is 50.2 Å². The molecule has 0 spiro atoms. The average molecular weight is 422 g/mol. The molecule has 5 nitrogen and oxygen atoms in total. The molecule has 3 rings (SSSR count). The van der Waals surface area contributed by atoms with Crippen molar-refractivity contribution in [2.45, 2.75) is 32.9 Å². The van der Waals surface area contributed by atoms with E-state index >= 15 is 0 Å². The second-order valence-corrected chi connectivity index (χ2v) is 9.84. The second kappa shape index (κ2) is 8.53. The van der Waals surface area contributed by atoms with Crippen molar-refractivity contribution in [2.24, 2.45) is 0 Å². The number of aryl methyl sites for hydroxylation is 2. The molecular weight excluding hydrogens is 398 g/mol. The van der Waals surface area contributed by atoms with Crippen LogP contribution in [0.15, 0.2) is 42.5 Å². The molecule has 0 saturated carbocycles. The van der Waals surface area contributed by atoms with Gasteiger partial charge in [0, 0.05) is 17.6 Å². The van der Waals surface area contributed by atoms with Crippen molar-refractivity contribution in [1.82, 2.24) is 4.90 Å². The lowest BCUT2D eigenvalue weighted by molar-refractivity contribution is -0.136. The number of halogens is 1. The molecule has 1 aliphatic rings. The number of sulfone groups is 1. The largest absolute Gasteiger partial charge is 0.484 e. The first kappa shape index (κ1) is 20.7. The summed E-state index contributed by atoms with van der Waals surface area (Å²) in [5.74, 6) is 0.447. The third kappa shape index (κ3) is 5.06. The number of hydrogen-bond donors (Lipinski definition) is 0. The number of benzene rings is 2. The van der Waals surface area contributed by atoms with Gasteiger partial charge in [-0.25, -0.2) is 8.42 Å². The standard InChI is InChI=1S/C21H24ClNO4S/c1-15-7-8-19(11-16(15)2)27-13-21(24)23(18-9-10-28(25,26)14-18)12-17-5-3-4-6-20(17)22/h3-8,11,18H,9-10,12-14H2,1-2H3/t18-/m0/s1. The van der Waals surface area contributed by atoms with Crippen molar-refractivity contribution in [3.05, 3.63) is 64.2 Å². The van der Waals surface area contributed by atoms with Gasteiger partial charge < -0.3 is 9.64 Å². The molecule has 1 fully saturated rings. The van der Waals surface area contributed by atoms with Gasteiger partial charge in [-0.15, -0.1) is 0 Å². The molecule has 1 amide bonds. The zero-order chi connectivity index (χ0) is 20.3. The van der Waals surface area contributed by atoms with Crippen molar-refractivity contribution < 1.29 is 17.9 Å². The first-order valence-corrected chi connectivity index (χ1v) is 11.4. The first-order chi connectivity index (χ1) is 13.2. The van der Waals surface area contributed by atoms with E-state index in [-0.39, 0.29) is 36.6 Å². The Morgan fingerprint density at radius 3 is 2.57 bits per heavy atom. The van der Waals surface area contributed by atoms with Crippen molar-refractivity contribution in [2.75, 3.05) is 18.1 Å². The fourth-order valence-electron chi connectivity index (χ4n) is 3.28. The zero-order valence-corrected chi connectivity index (χ0v) is 17.6. The van der Waals surface area contributed by atoms with Crippen molar-refractivity contribution >= 4 is 27.3 Å². The number of amides is 1. The topological polar surface area (TPSA) is 63.7 Å². The molecule has 2 aromatic carbocycles. The second-order valence-electron chi connectivity index (χ2n) is 7.20. The molecule has 0 N–H and O–H groups in total. The van der Waals surface area contributed by atoms with E-state index in [0.717, 1.165) is 16.7 Å². The summed E-state index contributed by atoms with van der Waals surface area (Å²) in [6.45, 7) is 4.10. The molecule has 0 bridgehead atoms. The summed E-state index contributed by atoms with van der Waals surface area (Å²) in [4.78, 5) is 14.5. The van der Waals surface area contributed by atoms with Gasteiger partial charge in [0.05, 0.1) is 11.5 Å². The minimum atomic E-state index is -3.12. The summed E-state index contributed by atoms with van der Waals surface area (Å²) in [6.07, 6.45) is 0.433. The quantitative estimate of drug-likeness (QED) is 0.715. The molecule has 28 heavy (non-hydrogen) atoms. The maximum atomic E-state index is 12.9. The summed E-state index contributed by atoms with van der Waals surface area (Å²) in [5.41, 5.74) is 3.02. The Hall–Kier alpha value is -2.05. The lowest BCUT2D eigenvalue weighted by Crippen LogP contribution is -2.43. The molecule has 0 aliphatic carbocycles. The number of carbonyl (C=O) groups is 1. The van der Waals surface area contributed by atoms with Crippen molar-refractivity contribution in [1.29, 1.82) is 0 Å². The highest BCUT2D eigenvalue weighted by molar-refractivity contribution is 7.91. The average Bonchev–Trinajstić information content (AvgIpc) is 3.01. The van der Waals surface area contributed by atoms with Gasteiger partial charge in [0.15, 0.2) is 16.4 Å². The van der Waals surface area contributed by atoms with Gasteiger partial charge in [-0.1, -0.05) is 35.9 Å². The predicted octanol–water partition coefficient (Wildman–Crippen LogP) is 3.55. The van der Waals surface area contributed by atoms with E-state index in [0.29, 0.717) is 17.2 Å². The Morgan fingerprint density at radius 1 is 1.18 bits per heavy atom. The van der Waals surface area contributed by atoms with Gasteiger partial charge in [-0.3, -0.25) is 4.79 Å². The number of ether oxygens (including phenoxy) is 1. The molecule has 1 atom stereocenters.